The molecular formula is C8H7F2NO3. The molecule has 0 aromatic carbocycles. The van der Waals surface area contributed by atoms with Crippen LogP contribution in [0.25, 0.3) is 0 Å². The van der Waals surface area contributed by atoms with Crippen molar-refractivity contribution in [3.63, 3.8) is 0 Å². The summed E-state index contributed by atoms with van der Waals surface area (Å²) in [7, 11) is 1.21. The van der Waals surface area contributed by atoms with E-state index in [2.05, 4.69) is 9.72 Å². The monoisotopic (exact) mass is 203 g/mol. The van der Waals surface area contributed by atoms with Crippen LogP contribution in [0.2, 0.25) is 0 Å². The zero-order chi connectivity index (χ0) is 10.7. The summed E-state index contributed by atoms with van der Waals surface area (Å²) >= 11 is 0. The highest BCUT2D eigenvalue weighted by Crippen LogP contribution is 2.24. The van der Waals surface area contributed by atoms with Crippen molar-refractivity contribution in [2.45, 2.75) is 6.43 Å². The van der Waals surface area contributed by atoms with E-state index in [0.717, 1.165) is 12.3 Å². The number of rotatable bonds is 3. The molecule has 76 valence electrons. The number of alkyl halides is 2. The molecule has 4 nitrogen and oxygen atoms in total. The van der Waals surface area contributed by atoms with Gasteiger partial charge in [0.25, 0.3) is 6.43 Å². The predicted molar refractivity (Wildman–Crippen MR) is 42.7 cm³/mol. The van der Waals surface area contributed by atoms with E-state index in [1.54, 1.807) is 0 Å². The Hall–Kier alpha value is -1.72. The molecule has 0 aliphatic heterocycles. The SMILES string of the molecule is COc1cc(C(F)F)ncc1C(=O)O. The van der Waals surface area contributed by atoms with Crippen LogP contribution in [0.3, 0.4) is 0 Å². The maximum absolute atomic E-state index is 12.2. The first-order chi connectivity index (χ1) is 6.56. The summed E-state index contributed by atoms with van der Waals surface area (Å²) in [6, 6.07) is 0.911. The third-order valence-electron chi connectivity index (χ3n) is 1.56. The highest BCUT2D eigenvalue weighted by Gasteiger charge is 2.16. The zero-order valence-corrected chi connectivity index (χ0v) is 7.20. The highest BCUT2D eigenvalue weighted by atomic mass is 19.3. The lowest BCUT2D eigenvalue weighted by Crippen LogP contribution is -2.03. The number of carboxylic acids is 1. The van der Waals surface area contributed by atoms with E-state index in [1.807, 2.05) is 0 Å². The predicted octanol–water partition coefficient (Wildman–Crippen LogP) is 1.73. The van der Waals surface area contributed by atoms with Gasteiger partial charge in [-0.25, -0.2) is 13.6 Å². The number of halogens is 2. The van der Waals surface area contributed by atoms with E-state index in [4.69, 9.17) is 5.11 Å². The molecule has 6 heteroatoms. The first kappa shape index (κ1) is 10.4. The van der Waals surface area contributed by atoms with Gasteiger partial charge in [-0.15, -0.1) is 0 Å². The van der Waals surface area contributed by atoms with Gasteiger partial charge in [0.05, 0.1) is 7.11 Å². The minimum Gasteiger partial charge on any atom is -0.496 e. The van der Waals surface area contributed by atoms with Gasteiger partial charge >= 0.3 is 5.97 Å². The fraction of sp³-hybridized carbons (Fsp3) is 0.250. The highest BCUT2D eigenvalue weighted by molar-refractivity contribution is 5.90. The number of aromatic carboxylic acids is 1. The van der Waals surface area contributed by atoms with Crippen LogP contribution in [0.1, 0.15) is 22.5 Å². The number of nitrogens with zero attached hydrogens (tertiary/aromatic N) is 1. The smallest absolute Gasteiger partial charge is 0.341 e. The number of carbonyl (C=O) groups is 1. The van der Waals surface area contributed by atoms with Crippen molar-refractivity contribution in [3.8, 4) is 5.75 Å². The Morgan fingerprint density at radius 1 is 1.64 bits per heavy atom. The van der Waals surface area contributed by atoms with Gasteiger partial charge in [0.2, 0.25) is 0 Å². The number of hydrogen-bond acceptors (Lipinski definition) is 3. The molecule has 14 heavy (non-hydrogen) atoms. The van der Waals surface area contributed by atoms with E-state index in [9.17, 15) is 13.6 Å². The van der Waals surface area contributed by atoms with Gasteiger partial charge in [-0.05, 0) is 0 Å². The number of ether oxygens (including phenoxy) is 1. The van der Waals surface area contributed by atoms with Crippen LogP contribution in [0, 0.1) is 0 Å². The van der Waals surface area contributed by atoms with Gasteiger partial charge in [0.15, 0.2) is 0 Å². The molecule has 1 N–H and O–H groups in total. The molecule has 0 bridgehead atoms. The summed E-state index contributed by atoms with van der Waals surface area (Å²) in [5.41, 5.74) is -0.747. The lowest BCUT2D eigenvalue weighted by molar-refractivity contribution is 0.0692. The van der Waals surface area contributed by atoms with Crippen LogP contribution in [0.5, 0.6) is 5.75 Å². The molecule has 0 spiro atoms. The van der Waals surface area contributed by atoms with Crippen molar-refractivity contribution in [2.24, 2.45) is 0 Å². The molecule has 0 saturated carbocycles. The number of methoxy groups -OCH3 is 1. The summed E-state index contributed by atoms with van der Waals surface area (Å²) in [6.07, 6.45) is -1.89. The number of pyridine rings is 1. The van der Waals surface area contributed by atoms with E-state index >= 15 is 0 Å². The number of carboxylic acid groups (broad SMARTS) is 1. The Morgan fingerprint density at radius 2 is 2.29 bits per heavy atom. The molecule has 0 radical (unpaired) electrons. The minimum absolute atomic E-state index is 0.122. The Labute approximate surface area is 78.1 Å². The standard InChI is InChI=1S/C8H7F2NO3/c1-14-6-2-5(7(9)10)11-3-4(6)8(12)13/h2-3,7H,1H3,(H,12,13). The van der Waals surface area contributed by atoms with Gasteiger partial charge in [-0.3, -0.25) is 4.98 Å². The van der Waals surface area contributed by atoms with Crippen LogP contribution in [-0.4, -0.2) is 23.2 Å². The lowest BCUT2D eigenvalue weighted by Gasteiger charge is -2.05. The second kappa shape index (κ2) is 3.99. The molecule has 0 fully saturated rings. The second-order valence-corrected chi connectivity index (χ2v) is 2.42. The Kier molecular flexibility index (Phi) is 2.95. The van der Waals surface area contributed by atoms with E-state index in [1.165, 1.54) is 7.11 Å². The molecule has 0 atom stereocenters. The van der Waals surface area contributed by atoms with Gasteiger partial charge < -0.3 is 9.84 Å². The molecule has 1 aromatic rings. The molecule has 0 aliphatic rings. The third-order valence-corrected chi connectivity index (χ3v) is 1.56. The molecule has 1 aromatic heterocycles. The zero-order valence-electron chi connectivity index (χ0n) is 7.20. The van der Waals surface area contributed by atoms with Gasteiger partial charge in [-0.1, -0.05) is 0 Å². The average molecular weight is 203 g/mol. The van der Waals surface area contributed by atoms with Gasteiger partial charge in [0.1, 0.15) is 17.0 Å². The molecule has 0 saturated heterocycles. The molecule has 0 aliphatic carbocycles. The molecule has 0 amide bonds. The largest absolute Gasteiger partial charge is 0.496 e. The third kappa shape index (κ3) is 1.95. The van der Waals surface area contributed by atoms with E-state index in [-0.39, 0.29) is 11.3 Å². The Bertz CT molecular complexity index is 354. The summed E-state index contributed by atoms with van der Waals surface area (Å²) in [4.78, 5) is 13.9. The van der Waals surface area contributed by atoms with Crippen molar-refractivity contribution >= 4 is 5.97 Å². The van der Waals surface area contributed by atoms with E-state index < -0.39 is 18.1 Å². The van der Waals surface area contributed by atoms with Gasteiger partial charge in [-0.2, -0.15) is 0 Å². The first-order valence-corrected chi connectivity index (χ1v) is 3.61. The summed E-state index contributed by atoms with van der Waals surface area (Å²) in [5.74, 6) is -1.39. The summed E-state index contributed by atoms with van der Waals surface area (Å²) in [5, 5.41) is 8.62. The van der Waals surface area contributed by atoms with Crippen molar-refractivity contribution in [1.29, 1.82) is 0 Å². The van der Waals surface area contributed by atoms with Crippen LogP contribution < -0.4 is 4.74 Å². The maximum atomic E-state index is 12.2. The van der Waals surface area contributed by atoms with Crippen LogP contribution in [0.4, 0.5) is 8.78 Å². The van der Waals surface area contributed by atoms with Crippen LogP contribution in [-0.2, 0) is 0 Å². The fourth-order valence-corrected chi connectivity index (χ4v) is 0.901. The molecule has 0 unspecified atom stereocenters. The van der Waals surface area contributed by atoms with Crippen molar-refractivity contribution < 1.29 is 23.4 Å². The summed E-state index contributed by atoms with van der Waals surface area (Å²) < 4.78 is 28.9. The Morgan fingerprint density at radius 3 is 2.71 bits per heavy atom. The second-order valence-electron chi connectivity index (χ2n) is 2.42. The number of hydrogen-bond donors (Lipinski definition) is 1. The lowest BCUT2D eigenvalue weighted by atomic mass is 10.2. The normalized spacial score (nSPS) is 10.3. The number of aromatic nitrogens is 1. The van der Waals surface area contributed by atoms with Gasteiger partial charge in [0, 0.05) is 12.3 Å². The molecular weight excluding hydrogens is 196 g/mol. The fourth-order valence-electron chi connectivity index (χ4n) is 0.901. The molecule has 1 heterocycles. The van der Waals surface area contributed by atoms with Crippen LogP contribution in [0.15, 0.2) is 12.3 Å². The topological polar surface area (TPSA) is 59.4 Å². The summed E-state index contributed by atoms with van der Waals surface area (Å²) in [6.45, 7) is 0. The van der Waals surface area contributed by atoms with Crippen molar-refractivity contribution in [1.82, 2.24) is 4.98 Å². The van der Waals surface area contributed by atoms with E-state index in [0.29, 0.717) is 0 Å². The maximum Gasteiger partial charge on any atom is 0.341 e. The van der Waals surface area contributed by atoms with Crippen molar-refractivity contribution in [2.75, 3.05) is 7.11 Å². The molecule has 1 rings (SSSR count). The first-order valence-electron chi connectivity index (χ1n) is 3.61. The minimum atomic E-state index is -2.74. The quantitative estimate of drug-likeness (QED) is 0.812. The Balaban J connectivity index is 3.18. The van der Waals surface area contributed by atoms with Crippen molar-refractivity contribution in [3.05, 3.63) is 23.5 Å². The average Bonchev–Trinajstić information content (AvgIpc) is 2.16. The van der Waals surface area contributed by atoms with Crippen LogP contribution >= 0.6 is 0 Å².